The lowest BCUT2D eigenvalue weighted by Crippen LogP contribution is -1.99. The van der Waals surface area contributed by atoms with Crippen molar-refractivity contribution >= 4 is 29.3 Å². The first-order valence-corrected chi connectivity index (χ1v) is 8.89. The molecular weight excluding hydrogens is 330 g/mol. The summed E-state index contributed by atoms with van der Waals surface area (Å²) in [7, 11) is 0. The van der Waals surface area contributed by atoms with Crippen LogP contribution in [0.15, 0.2) is 58.1 Å². The molecule has 0 unspecified atom stereocenters. The quantitative estimate of drug-likeness (QED) is 0.495. The topological polar surface area (TPSA) is 61.1 Å². The Morgan fingerprint density at radius 1 is 1.57 bits per heavy atom. The first kappa shape index (κ1) is 19.3. The van der Waals surface area contributed by atoms with Crippen molar-refractivity contribution in [2.45, 2.75) is 26.2 Å². The molecule has 122 valence electrons. The number of carbonyl (C=O) groups is 1. The zero-order valence-corrected chi connectivity index (χ0v) is 14.7. The van der Waals surface area contributed by atoms with Gasteiger partial charge in [-0.1, -0.05) is 42.9 Å². The number of allylic oxidation sites excluding steroid dienone is 9. The van der Waals surface area contributed by atoms with Crippen molar-refractivity contribution in [2.24, 2.45) is 0 Å². The lowest BCUT2D eigenvalue weighted by molar-refractivity contribution is -0.133. The van der Waals surface area contributed by atoms with Crippen molar-refractivity contribution in [3.63, 3.8) is 0 Å². The number of halogens is 1. The molecule has 0 bridgehead atoms. The van der Waals surface area contributed by atoms with Crippen LogP contribution in [0.3, 0.4) is 0 Å². The monoisotopic (exact) mass is 349 g/mol. The van der Waals surface area contributed by atoms with Gasteiger partial charge in [0.2, 0.25) is 0 Å². The Morgan fingerprint density at radius 3 is 2.96 bits per heavy atom. The van der Waals surface area contributed by atoms with Gasteiger partial charge < -0.3 is 5.11 Å². The number of hydrogen-bond donors (Lipinski definition) is 1. The molecule has 3 nitrogen and oxygen atoms in total. The predicted octanol–water partition coefficient (Wildman–Crippen LogP) is 4.99. The minimum atomic E-state index is -0.842. The van der Waals surface area contributed by atoms with Crippen LogP contribution in [0.4, 0.5) is 0 Å². The van der Waals surface area contributed by atoms with Gasteiger partial charge in [-0.2, -0.15) is 5.26 Å². The number of carboxylic acids is 1. The van der Waals surface area contributed by atoms with Crippen LogP contribution >= 0.6 is 23.4 Å². The lowest BCUT2D eigenvalue weighted by Gasteiger charge is -2.11. The molecule has 0 amide bonds. The van der Waals surface area contributed by atoms with Gasteiger partial charge in [-0.25, -0.2) is 0 Å². The summed E-state index contributed by atoms with van der Waals surface area (Å²) in [6, 6.07) is 2.18. The molecule has 0 aromatic rings. The fraction of sp³-hybridized carbons (Fsp3) is 0.333. The van der Waals surface area contributed by atoms with E-state index in [1.165, 1.54) is 11.8 Å². The molecule has 0 radical (unpaired) electrons. The third-order valence-corrected chi connectivity index (χ3v) is 4.48. The summed E-state index contributed by atoms with van der Waals surface area (Å²) in [5.74, 6) is -0.438. The fourth-order valence-corrected chi connectivity index (χ4v) is 3.08. The number of thioether (sulfide) groups is 1. The summed E-state index contributed by atoms with van der Waals surface area (Å²) in [6.45, 7) is 2.05. The van der Waals surface area contributed by atoms with Crippen LogP contribution in [0.25, 0.3) is 0 Å². The van der Waals surface area contributed by atoms with Crippen molar-refractivity contribution in [1.29, 1.82) is 5.26 Å². The summed E-state index contributed by atoms with van der Waals surface area (Å²) in [4.78, 5) is 11.8. The lowest BCUT2D eigenvalue weighted by atomic mass is 10.0. The van der Waals surface area contributed by atoms with Crippen LogP contribution in [-0.4, -0.2) is 22.7 Å². The third-order valence-electron chi connectivity index (χ3n) is 3.18. The van der Waals surface area contributed by atoms with Crippen LogP contribution in [0.5, 0.6) is 0 Å². The van der Waals surface area contributed by atoms with Gasteiger partial charge in [0.15, 0.2) is 0 Å². The molecule has 5 heteroatoms. The molecular formula is C18H20ClNO2S. The van der Waals surface area contributed by atoms with E-state index >= 15 is 0 Å². The molecule has 0 saturated carbocycles. The number of nitrogens with zero attached hydrogens (tertiary/aromatic N) is 1. The Balaban J connectivity index is 3.06. The summed E-state index contributed by atoms with van der Waals surface area (Å²) in [5, 5.41) is 18.0. The zero-order valence-electron chi connectivity index (χ0n) is 13.1. The predicted molar refractivity (Wildman–Crippen MR) is 97.4 cm³/mol. The maximum atomic E-state index is 10.8. The second kappa shape index (κ2) is 10.9. The molecule has 0 spiro atoms. The van der Waals surface area contributed by atoms with E-state index in [-0.39, 0.29) is 5.75 Å². The van der Waals surface area contributed by atoms with Gasteiger partial charge in [0.1, 0.15) is 0 Å². The largest absolute Gasteiger partial charge is 0.481 e. The van der Waals surface area contributed by atoms with E-state index in [4.69, 9.17) is 22.0 Å². The summed E-state index contributed by atoms with van der Waals surface area (Å²) in [5.41, 5.74) is 2.86. The van der Waals surface area contributed by atoms with Gasteiger partial charge in [0.05, 0.1) is 11.8 Å². The second-order valence-corrected chi connectivity index (χ2v) is 6.19. The molecule has 0 atom stereocenters. The third kappa shape index (κ3) is 7.40. The first-order valence-electron chi connectivity index (χ1n) is 7.37. The Hall–Kier alpha value is -1.70. The van der Waals surface area contributed by atoms with Gasteiger partial charge in [0, 0.05) is 16.4 Å². The molecule has 0 fully saturated rings. The molecule has 1 N–H and O–H groups in total. The van der Waals surface area contributed by atoms with Gasteiger partial charge in [-0.15, -0.1) is 23.4 Å². The molecule has 0 aliphatic heterocycles. The van der Waals surface area contributed by atoms with Gasteiger partial charge >= 0.3 is 5.97 Å². The molecule has 0 aromatic heterocycles. The van der Waals surface area contributed by atoms with Crippen molar-refractivity contribution in [2.75, 3.05) is 11.6 Å². The minimum absolute atomic E-state index is 0.0176. The van der Waals surface area contributed by atoms with E-state index in [1.807, 2.05) is 43.4 Å². The normalized spacial score (nSPS) is 15.5. The average Bonchev–Trinajstić information content (AvgIpc) is 2.78. The number of nitriles is 1. The van der Waals surface area contributed by atoms with E-state index in [2.05, 4.69) is 6.07 Å². The van der Waals surface area contributed by atoms with Crippen molar-refractivity contribution in [3.05, 3.63) is 58.1 Å². The highest BCUT2D eigenvalue weighted by atomic mass is 35.5. The highest BCUT2D eigenvalue weighted by Gasteiger charge is 2.09. The minimum Gasteiger partial charge on any atom is -0.481 e. The maximum Gasteiger partial charge on any atom is 0.313 e. The van der Waals surface area contributed by atoms with E-state index < -0.39 is 5.97 Å². The number of hydrogen-bond acceptors (Lipinski definition) is 3. The average molecular weight is 350 g/mol. The summed E-state index contributed by atoms with van der Waals surface area (Å²) < 4.78 is 0. The first-order chi connectivity index (χ1) is 11.1. The van der Waals surface area contributed by atoms with Crippen molar-refractivity contribution < 1.29 is 9.90 Å². The SMILES string of the molecule is CC/C(CC1=CC(C#N)=CCC=C1)=C(\C=C/CCl)SCC(=O)O. The smallest absolute Gasteiger partial charge is 0.313 e. The van der Waals surface area contributed by atoms with Gasteiger partial charge in [0.25, 0.3) is 0 Å². The number of alkyl halides is 1. The Kier molecular flexibility index (Phi) is 9.20. The molecule has 1 aliphatic rings. The fourth-order valence-electron chi connectivity index (χ4n) is 2.10. The van der Waals surface area contributed by atoms with E-state index in [9.17, 15) is 4.79 Å². The Morgan fingerprint density at radius 2 is 2.35 bits per heavy atom. The van der Waals surface area contributed by atoms with Crippen LogP contribution in [0, 0.1) is 11.3 Å². The van der Waals surface area contributed by atoms with Gasteiger partial charge in [-0.05, 0) is 30.9 Å². The summed E-state index contributed by atoms with van der Waals surface area (Å²) in [6.07, 6.45) is 13.8. The van der Waals surface area contributed by atoms with Crippen LogP contribution in [0.2, 0.25) is 0 Å². The molecule has 1 rings (SSSR count). The zero-order chi connectivity index (χ0) is 17.1. The van der Waals surface area contributed by atoms with Crippen LogP contribution < -0.4 is 0 Å². The maximum absolute atomic E-state index is 10.8. The second-order valence-electron chi connectivity index (χ2n) is 4.87. The van der Waals surface area contributed by atoms with Crippen molar-refractivity contribution in [1.82, 2.24) is 0 Å². The highest BCUT2D eigenvalue weighted by Crippen LogP contribution is 2.29. The molecule has 23 heavy (non-hydrogen) atoms. The van der Waals surface area contributed by atoms with Crippen molar-refractivity contribution in [3.8, 4) is 6.07 Å². The standard InChI is InChI=1S/C18H20ClNO2S/c1-2-16(17(8-5-9-19)23-13-18(21)22)11-14-6-3-4-7-15(10-14)12-20/h3,5-8,10H,2,4,9,11,13H2,1H3,(H,21,22)/b8-5-,17-16-. The number of rotatable bonds is 8. The van der Waals surface area contributed by atoms with E-state index in [1.54, 1.807) is 0 Å². The summed E-state index contributed by atoms with van der Waals surface area (Å²) >= 11 is 7.01. The van der Waals surface area contributed by atoms with Crippen LogP contribution in [-0.2, 0) is 4.79 Å². The van der Waals surface area contributed by atoms with E-state index in [0.717, 1.165) is 28.9 Å². The highest BCUT2D eigenvalue weighted by molar-refractivity contribution is 8.03. The molecule has 0 heterocycles. The van der Waals surface area contributed by atoms with Crippen LogP contribution in [0.1, 0.15) is 26.2 Å². The van der Waals surface area contributed by atoms with E-state index in [0.29, 0.717) is 17.9 Å². The number of carboxylic acid groups (broad SMARTS) is 1. The Labute approximate surface area is 146 Å². The molecule has 1 aliphatic carbocycles. The number of aliphatic carboxylic acids is 1. The molecule has 0 aromatic carbocycles. The van der Waals surface area contributed by atoms with Gasteiger partial charge in [-0.3, -0.25) is 4.79 Å². The Bertz CT molecular complexity index is 621. The molecule has 0 saturated heterocycles.